The van der Waals surface area contributed by atoms with E-state index >= 15 is 0 Å². The maximum absolute atomic E-state index is 4.83. The molecule has 5 rings (SSSR count). The van der Waals surface area contributed by atoms with E-state index in [4.69, 9.17) is 20.4 Å². The van der Waals surface area contributed by atoms with Crippen LogP contribution >= 0.6 is 40.4 Å². The quantitative estimate of drug-likeness (QED) is 0.247. The van der Waals surface area contributed by atoms with Gasteiger partial charge in [-0.25, -0.2) is 0 Å². The SMILES string of the molecule is CCCN1Cc2ccn(n2)CCn2ccc(n2)CN(CCC)Cc2ccn(n2)CCn2ccc(n2)C1.[Cl][Cu][Cl].[Cl][Cu][Cl]. The summed E-state index contributed by atoms with van der Waals surface area (Å²) in [4.78, 5) is 4.85. The average molecular weight is 760 g/mol. The summed E-state index contributed by atoms with van der Waals surface area (Å²) >= 11 is 1.51. The van der Waals surface area contributed by atoms with Gasteiger partial charge in [-0.2, -0.15) is 20.4 Å². The first-order chi connectivity index (χ1) is 20.5. The van der Waals surface area contributed by atoms with Crippen LogP contribution < -0.4 is 0 Å². The average Bonchev–Trinajstić information content (AvgIpc) is 3.76. The van der Waals surface area contributed by atoms with Crippen molar-refractivity contribution in [3.63, 3.8) is 0 Å². The second kappa shape index (κ2) is 20.1. The number of fused-ring (bicyclic) bond motifs is 8. The summed E-state index contributed by atoms with van der Waals surface area (Å²) in [5.74, 6) is 0. The molecule has 0 atom stereocenters. The maximum atomic E-state index is 4.83. The van der Waals surface area contributed by atoms with Gasteiger partial charge in [-0.3, -0.25) is 28.5 Å². The minimum atomic E-state index is 0.757. The molecule has 0 amide bonds. The van der Waals surface area contributed by atoms with Gasteiger partial charge in [-0.15, -0.1) is 0 Å². The van der Waals surface area contributed by atoms with Crippen LogP contribution in [0.2, 0.25) is 0 Å². The van der Waals surface area contributed by atoms with Crippen molar-refractivity contribution in [3.8, 4) is 0 Å². The molecule has 4 aromatic rings. The fourth-order valence-corrected chi connectivity index (χ4v) is 4.84. The third-order valence-corrected chi connectivity index (χ3v) is 6.52. The fraction of sp³-hybridized carbons (Fsp3) is 0.538. The summed E-state index contributed by atoms with van der Waals surface area (Å²) in [6.45, 7) is 13.0. The van der Waals surface area contributed by atoms with Crippen molar-refractivity contribution < 1.29 is 26.3 Å². The number of nitrogens with zero attached hydrogens (tertiary/aromatic N) is 10. The van der Waals surface area contributed by atoms with E-state index in [1.54, 1.807) is 0 Å². The Hall–Kier alpha value is -1.04. The van der Waals surface area contributed by atoms with Crippen LogP contribution in [0.15, 0.2) is 49.1 Å². The second-order valence-corrected chi connectivity index (χ2v) is 12.9. The summed E-state index contributed by atoms with van der Waals surface area (Å²) in [5, 5.41) is 19.3. The molecule has 4 aromatic heterocycles. The van der Waals surface area contributed by atoms with Crippen molar-refractivity contribution in [1.29, 1.82) is 0 Å². The predicted molar refractivity (Wildman–Crippen MR) is 161 cm³/mol. The number of hydrogen-bond donors (Lipinski definition) is 0. The van der Waals surface area contributed by atoms with Gasteiger partial charge in [0.05, 0.1) is 49.0 Å². The zero-order chi connectivity index (χ0) is 30.2. The molecular weight excluding hydrogens is 721 g/mol. The van der Waals surface area contributed by atoms with Crippen LogP contribution in [0.1, 0.15) is 49.5 Å². The number of aryl methyl sites for hydroxylation is 4. The molecule has 1 aliphatic rings. The molecule has 0 N–H and O–H groups in total. The molecule has 42 heavy (non-hydrogen) atoms. The fourth-order valence-electron chi connectivity index (χ4n) is 4.84. The van der Waals surface area contributed by atoms with Gasteiger partial charge >= 0.3 is 66.7 Å². The Morgan fingerprint density at radius 1 is 0.524 bits per heavy atom. The Labute approximate surface area is 277 Å². The topological polar surface area (TPSA) is 77.8 Å². The molecule has 1 aliphatic heterocycles. The van der Waals surface area contributed by atoms with Gasteiger partial charge in [0.1, 0.15) is 0 Å². The first-order valence-electron chi connectivity index (χ1n) is 13.7. The molecule has 10 nitrogen and oxygen atoms in total. The van der Waals surface area contributed by atoms with E-state index in [2.05, 4.69) is 113 Å². The van der Waals surface area contributed by atoms with Crippen molar-refractivity contribution in [3.05, 3.63) is 71.8 Å². The van der Waals surface area contributed by atoms with Crippen LogP contribution in [0.25, 0.3) is 0 Å². The summed E-state index contributed by atoms with van der Waals surface area (Å²) in [7, 11) is 18.7. The summed E-state index contributed by atoms with van der Waals surface area (Å²) < 4.78 is 8.12. The predicted octanol–water partition coefficient (Wildman–Crippen LogP) is 5.76. The molecule has 242 valence electrons. The van der Waals surface area contributed by atoms with Crippen molar-refractivity contribution in [1.82, 2.24) is 48.9 Å². The number of rotatable bonds is 4. The molecular formula is C26H38Cl4Cu2N10. The molecule has 0 radical (unpaired) electrons. The molecule has 0 aliphatic carbocycles. The Morgan fingerprint density at radius 2 is 0.762 bits per heavy atom. The Morgan fingerprint density at radius 3 is 0.976 bits per heavy atom. The Bertz CT molecular complexity index is 1090. The van der Waals surface area contributed by atoms with Gasteiger partial charge in [-0.1, -0.05) is 13.8 Å². The van der Waals surface area contributed by atoms with Crippen LogP contribution in [0.3, 0.4) is 0 Å². The van der Waals surface area contributed by atoms with E-state index in [9.17, 15) is 0 Å². The van der Waals surface area contributed by atoms with Crippen LogP contribution in [0, 0.1) is 0 Å². The third-order valence-electron chi connectivity index (χ3n) is 6.52. The van der Waals surface area contributed by atoms with Gasteiger partial charge in [0.15, 0.2) is 0 Å². The van der Waals surface area contributed by atoms with E-state index in [1.807, 2.05) is 18.7 Å². The molecule has 0 spiro atoms. The third kappa shape index (κ3) is 12.5. The van der Waals surface area contributed by atoms with Crippen LogP contribution in [0.4, 0.5) is 0 Å². The first kappa shape index (κ1) is 35.4. The van der Waals surface area contributed by atoms with E-state index < -0.39 is 0 Å². The normalized spacial score (nSPS) is 15.2. The standard InChI is InChI=1S/C26H38N10.4ClH.2Cu/c1-3-9-31-19-23-5-11-33(27-23)15-17-35-13-7-25(29-35)21-32(10-4-2)22-26-8-14-36(30-26)18-16-34-12-6-24(20-31)28-34;;;;;;/h5-8,11-14H,3-4,9-10,15-22H2,1-2H3;4*1H;;/q;;;;;2*+2/p-4. The summed E-state index contributed by atoms with van der Waals surface area (Å²) in [6.07, 6.45) is 10.5. The molecule has 16 heteroatoms. The van der Waals surface area contributed by atoms with E-state index in [0.29, 0.717) is 0 Å². The second-order valence-electron chi connectivity index (χ2n) is 9.79. The number of aromatic nitrogens is 8. The van der Waals surface area contributed by atoms with Crippen molar-refractivity contribution >= 4 is 40.4 Å². The van der Waals surface area contributed by atoms with Crippen molar-refractivity contribution in [2.24, 2.45) is 0 Å². The first-order valence-corrected chi connectivity index (χ1v) is 18.8. The van der Waals surface area contributed by atoms with Gasteiger partial charge in [0.25, 0.3) is 0 Å². The molecule has 0 saturated carbocycles. The molecule has 8 bridgehead atoms. The Balaban J connectivity index is 0.000000745. The van der Waals surface area contributed by atoms with Gasteiger partial charge in [0.2, 0.25) is 0 Å². The van der Waals surface area contributed by atoms with E-state index in [1.165, 1.54) is 0 Å². The van der Waals surface area contributed by atoms with Crippen LogP contribution in [0.5, 0.6) is 0 Å². The van der Waals surface area contributed by atoms with Crippen molar-refractivity contribution in [2.45, 2.75) is 79.0 Å². The van der Waals surface area contributed by atoms with Gasteiger partial charge in [0, 0.05) is 51.0 Å². The van der Waals surface area contributed by atoms with Crippen molar-refractivity contribution in [2.75, 3.05) is 13.1 Å². The van der Waals surface area contributed by atoms with Gasteiger partial charge < -0.3 is 0 Å². The Kier molecular flexibility index (Phi) is 16.9. The number of hydrogen-bond acceptors (Lipinski definition) is 6. The van der Waals surface area contributed by atoms with Crippen LogP contribution in [-0.2, 0) is 78.6 Å². The van der Waals surface area contributed by atoms with E-state index in [-0.39, 0.29) is 0 Å². The summed E-state index contributed by atoms with van der Waals surface area (Å²) in [5.41, 5.74) is 4.37. The summed E-state index contributed by atoms with van der Waals surface area (Å²) in [6, 6.07) is 8.52. The molecule has 0 fully saturated rings. The molecule has 0 unspecified atom stereocenters. The van der Waals surface area contributed by atoms with E-state index in [0.717, 1.165) is 127 Å². The van der Waals surface area contributed by atoms with Crippen LogP contribution in [-0.4, -0.2) is 62.0 Å². The molecule has 0 aromatic carbocycles. The minimum absolute atomic E-state index is 0.757. The van der Waals surface area contributed by atoms with Gasteiger partial charge in [-0.05, 0) is 50.2 Å². The number of halogens is 4. The molecule has 5 heterocycles. The zero-order valence-corrected chi connectivity index (χ0v) is 28.6. The zero-order valence-electron chi connectivity index (χ0n) is 23.7. The monoisotopic (exact) mass is 756 g/mol. The molecule has 0 saturated heterocycles.